The summed E-state index contributed by atoms with van der Waals surface area (Å²) < 4.78 is 39.6. The highest BCUT2D eigenvalue weighted by molar-refractivity contribution is 8.00. The molecule has 4 fully saturated rings. The lowest BCUT2D eigenvalue weighted by Crippen LogP contribution is -2.49. The van der Waals surface area contributed by atoms with Gasteiger partial charge in [0, 0.05) is 112 Å². The average Bonchev–Trinajstić information content (AvgIpc) is 3.89. The highest BCUT2D eigenvalue weighted by Gasteiger charge is 2.30. The van der Waals surface area contributed by atoms with Gasteiger partial charge in [0.15, 0.2) is 0 Å². The van der Waals surface area contributed by atoms with Crippen LogP contribution in [0.2, 0.25) is 0 Å². The van der Waals surface area contributed by atoms with Crippen LogP contribution in [0.25, 0.3) is 21.8 Å². The summed E-state index contributed by atoms with van der Waals surface area (Å²) in [6, 6.07) is 30.5. The van der Waals surface area contributed by atoms with Crippen molar-refractivity contribution in [2.75, 3.05) is 88.1 Å². The van der Waals surface area contributed by atoms with Gasteiger partial charge in [-0.05, 0) is 147 Å². The Morgan fingerprint density at radius 3 is 2.06 bits per heavy atom. The highest BCUT2D eigenvalue weighted by atomic mass is 32.2. The van der Waals surface area contributed by atoms with E-state index in [9.17, 15) is 18.0 Å². The smallest absolute Gasteiger partial charge is 0.264 e. The molecule has 10 rings (SSSR count). The normalized spacial score (nSPS) is 20.8. The Bertz CT molecular complexity index is 2870. The van der Waals surface area contributed by atoms with Crippen molar-refractivity contribution >= 4 is 67.0 Å². The van der Waals surface area contributed by atoms with Crippen molar-refractivity contribution in [3.63, 3.8) is 0 Å². The number of aromatic nitrogens is 2. The fraction of sp³-hybridized carbons (Fsp3) is 0.396. The molecule has 0 spiro atoms. The van der Waals surface area contributed by atoms with E-state index in [4.69, 9.17) is 9.72 Å². The highest BCUT2D eigenvalue weighted by Crippen LogP contribution is 2.38. The van der Waals surface area contributed by atoms with E-state index in [-0.39, 0.29) is 16.7 Å². The van der Waals surface area contributed by atoms with Gasteiger partial charge in [0.25, 0.3) is 21.8 Å². The first-order valence-electron chi connectivity index (χ1n) is 24.1. The fourth-order valence-electron chi connectivity index (χ4n) is 10.4. The van der Waals surface area contributed by atoms with E-state index < -0.39 is 10.0 Å². The number of nitrogens with one attached hydrogen (secondary N) is 2. The summed E-state index contributed by atoms with van der Waals surface area (Å²) in [6.07, 6.45) is 9.13. The lowest BCUT2D eigenvalue weighted by molar-refractivity contribution is 0.0600. The molecule has 354 valence electrons. The third-order valence-corrected chi connectivity index (χ3v) is 16.7. The molecule has 1 atom stereocenters. The molecular formula is C53H60N8O5S2. The number of fused-ring (bicyclic) bond motifs is 2. The molecule has 15 heteroatoms. The zero-order valence-corrected chi connectivity index (χ0v) is 40.3. The number of piperazine rings is 2. The van der Waals surface area contributed by atoms with Crippen molar-refractivity contribution < 1.29 is 22.7 Å². The van der Waals surface area contributed by atoms with Crippen LogP contribution in [0.5, 0.6) is 0 Å². The molecule has 0 radical (unpaired) electrons. The molecule has 2 amide bonds. The molecule has 3 aliphatic heterocycles. The Hall–Kier alpha value is -5.58. The Labute approximate surface area is 403 Å². The zero-order valence-electron chi connectivity index (χ0n) is 38.7. The van der Waals surface area contributed by atoms with Crippen LogP contribution < -0.4 is 9.44 Å². The van der Waals surface area contributed by atoms with Crippen LogP contribution >= 0.6 is 11.9 Å². The third-order valence-electron chi connectivity index (χ3n) is 14.4. The van der Waals surface area contributed by atoms with Crippen molar-refractivity contribution in [3.05, 3.63) is 132 Å². The second-order valence-corrected chi connectivity index (χ2v) is 21.5. The van der Waals surface area contributed by atoms with Gasteiger partial charge < -0.3 is 19.3 Å². The maximum absolute atomic E-state index is 13.9. The van der Waals surface area contributed by atoms with Crippen LogP contribution in [0.1, 0.15) is 69.9 Å². The molecule has 4 aromatic carbocycles. The molecule has 6 aromatic rings. The average molecular weight is 953 g/mol. The lowest BCUT2D eigenvalue weighted by Gasteiger charge is -2.38. The Morgan fingerprint density at radius 2 is 1.35 bits per heavy atom. The van der Waals surface area contributed by atoms with Gasteiger partial charge in [-0.2, -0.15) is 0 Å². The van der Waals surface area contributed by atoms with E-state index in [0.29, 0.717) is 58.7 Å². The number of rotatable bonds is 13. The molecule has 2 N–H and O–H groups in total. The topological polar surface area (TPSA) is 140 Å². The van der Waals surface area contributed by atoms with Crippen LogP contribution in [0.3, 0.4) is 0 Å². The predicted molar refractivity (Wildman–Crippen MR) is 270 cm³/mol. The maximum atomic E-state index is 13.9. The Morgan fingerprint density at radius 1 is 0.691 bits per heavy atom. The first-order chi connectivity index (χ1) is 33.1. The minimum atomic E-state index is -3.98. The van der Waals surface area contributed by atoms with Gasteiger partial charge in [-0.1, -0.05) is 30.3 Å². The summed E-state index contributed by atoms with van der Waals surface area (Å²) in [7, 11) is -3.98. The number of amides is 2. The van der Waals surface area contributed by atoms with Gasteiger partial charge in [-0.25, -0.2) is 8.42 Å². The second kappa shape index (κ2) is 20.6. The van der Waals surface area contributed by atoms with E-state index in [1.807, 2.05) is 71.6 Å². The van der Waals surface area contributed by atoms with E-state index in [2.05, 4.69) is 48.5 Å². The van der Waals surface area contributed by atoms with Gasteiger partial charge in [-0.3, -0.25) is 34.1 Å². The SMILES string of the molecule is Cc1cc(C(=O)N2CCN(CC3CCOC3)CC2)ccc1NS(=O)(=O)c1cccc2cc(C3CCC(CN4CCN(C(=O)c5ccc(NSc6cccc7cccnc67)cc5)CC4)CC3)cnc12. The van der Waals surface area contributed by atoms with Gasteiger partial charge in [0.2, 0.25) is 0 Å². The van der Waals surface area contributed by atoms with E-state index in [1.54, 1.807) is 30.3 Å². The molecule has 13 nitrogen and oxygen atoms in total. The van der Waals surface area contributed by atoms with Gasteiger partial charge in [0.05, 0.1) is 28.2 Å². The lowest BCUT2D eigenvalue weighted by atomic mass is 9.78. The van der Waals surface area contributed by atoms with Crippen LogP contribution in [0.15, 0.2) is 119 Å². The number of nitrogens with zero attached hydrogens (tertiary/aromatic N) is 6. The van der Waals surface area contributed by atoms with E-state index >= 15 is 0 Å². The standard InChI is InChI=1S/C53H60N8O5S2/c1-37-31-44(53(63)61-28-24-59(25-29-61)35-39-20-30-66-36-39)16-19-47(37)57-68(64,65)49-9-3-6-43-32-45(33-55-51(43)49)40-12-10-38(11-13-40)34-58-22-26-60(27-23-58)52(62)42-14-17-46(18-15-42)56-67-48-8-2-5-41-7-4-21-54-50(41)48/h2-9,14-19,21,31-33,38-40,56-57H,10-13,20,22-30,34-36H2,1H3. The molecule has 0 bridgehead atoms. The van der Waals surface area contributed by atoms with Crippen molar-refractivity contribution in [3.8, 4) is 0 Å². The van der Waals surface area contributed by atoms with Crippen molar-refractivity contribution in [2.45, 2.75) is 54.7 Å². The zero-order chi connectivity index (χ0) is 46.6. The van der Waals surface area contributed by atoms with Crippen LogP contribution in [-0.4, -0.2) is 128 Å². The van der Waals surface area contributed by atoms with Crippen LogP contribution in [0.4, 0.5) is 11.4 Å². The molecule has 4 aliphatic rings. The number of benzene rings is 4. The molecule has 1 aliphatic carbocycles. The summed E-state index contributed by atoms with van der Waals surface area (Å²) in [6.45, 7) is 11.8. The summed E-state index contributed by atoms with van der Waals surface area (Å²) >= 11 is 1.52. The number of pyridine rings is 2. The molecule has 5 heterocycles. The van der Waals surface area contributed by atoms with Crippen molar-refractivity contribution in [2.24, 2.45) is 11.8 Å². The minimum Gasteiger partial charge on any atom is -0.381 e. The summed E-state index contributed by atoms with van der Waals surface area (Å²) in [5.74, 6) is 1.59. The summed E-state index contributed by atoms with van der Waals surface area (Å²) in [5.41, 5.74) is 5.86. The van der Waals surface area contributed by atoms with Crippen LogP contribution in [0, 0.1) is 18.8 Å². The Kier molecular flexibility index (Phi) is 14.0. The molecular weight excluding hydrogens is 893 g/mol. The van der Waals surface area contributed by atoms with Gasteiger partial charge in [0.1, 0.15) is 4.90 Å². The molecule has 1 unspecified atom stereocenters. The molecule has 3 saturated heterocycles. The number of ether oxygens (including phenoxy) is 1. The van der Waals surface area contributed by atoms with Crippen LogP contribution in [-0.2, 0) is 14.8 Å². The number of aryl methyl sites for hydroxylation is 1. The quantitative estimate of drug-likeness (QED) is 0.108. The number of carbonyl (C=O) groups excluding carboxylic acids is 2. The fourth-order valence-corrected chi connectivity index (χ4v) is 12.5. The number of anilines is 2. The predicted octanol–water partition coefficient (Wildman–Crippen LogP) is 8.54. The first kappa shape index (κ1) is 46.2. The second-order valence-electron chi connectivity index (χ2n) is 19.0. The molecule has 1 saturated carbocycles. The van der Waals surface area contributed by atoms with Gasteiger partial charge in [-0.15, -0.1) is 0 Å². The minimum absolute atomic E-state index is 0.0312. The monoisotopic (exact) mass is 952 g/mol. The number of carbonyl (C=O) groups is 2. The number of hydrogen-bond acceptors (Lipinski definition) is 11. The number of para-hydroxylation sites is 2. The van der Waals surface area contributed by atoms with Crippen molar-refractivity contribution in [1.82, 2.24) is 29.6 Å². The number of hydrogen-bond donors (Lipinski definition) is 2. The Balaban J connectivity index is 0.681. The van der Waals surface area contributed by atoms with E-state index in [0.717, 1.165) is 130 Å². The van der Waals surface area contributed by atoms with Gasteiger partial charge >= 0.3 is 0 Å². The molecule has 2 aromatic heterocycles. The largest absolute Gasteiger partial charge is 0.381 e. The van der Waals surface area contributed by atoms with Crippen molar-refractivity contribution in [1.29, 1.82) is 0 Å². The summed E-state index contributed by atoms with van der Waals surface area (Å²) in [5, 5.41) is 1.90. The maximum Gasteiger partial charge on any atom is 0.264 e. The summed E-state index contributed by atoms with van der Waals surface area (Å²) in [4.78, 5) is 46.2. The first-order valence-corrected chi connectivity index (χ1v) is 26.4. The number of sulfonamides is 1. The third kappa shape index (κ3) is 10.5. The van der Waals surface area contributed by atoms with E-state index in [1.165, 1.54) is 11.9 Å². The molecule has 68 heavy (non-hydrogen) atoms.